The van der Waals surface area contributed by atoms with E-state index in [2.05, 4.69) is 30.3 Å². The molecule has 0 saturated heterocycles. The van der Waals surface area contributed by atoms with Crippen LogP contribution in [0.1, 0.15) is 35.1 Å². The molecule has 158 valence electrons. The van der Waals surface area contributed by atoms with Crippen LogP contribution in [0.2, 0.25) is 0 Å². The maximum absolute atomic E-state index is 13.4. The number of hydrogen-bond donors (Lipinski definition) is 1. The van der Waals surface area contributed by atoms with E-state index in [9.17, 15) is 9.90 Å². The zero-order valence-electron chi connectivity index (χ0n) is 17.5. The van der Waals surface area contributed by atoms with E-state index in [4.69, 9.17) is 4.74 Å². The van der Waals surface area contributed by atoms with Gasteiger partial charge in [0.05, 0.1) is 6.61 Å². The molecule has 4 nitrogen and oxygen atoms in total. The molecule has 0 aromatic heterocycles. The maximum Gasteiger partial charge on any atom is 0.228 e. The second-order valence-corrected chi connectivity index (χ2v) is 8.57. The van der Waals surface area contributed by atoms with Crippen molar-refractivity contribution < 1.29 is 14.6 Å². The topological polar surface area (TPSA) is 49.8 Å². The minimum atomic E-state index is -0.874. The van der Waals surface area contributed by atoms with Crippen LogP contribution in [0, 0.1) is 5.92 Å². The van der Waals surface area contributed by atoms with Gasteiger partial charge in [-0.05, 0) is 48.1 Å². The zero-order valence-corrected chi connectivity index (χ0v) is 17.5. The number of carbonyl (C=O) groups is 1. The predicted molar refractivity (Wildman–Crippen MR) is 119 cm³/mol. The summed E-state index contributed by atoms with van der Waals surface area (Å²) in [6.07, 6.45) is 3.30. The van der Waals surface area contributed by atoms with Gasteiger partial charge in [-0.2, -0.15) is 0 Å². The van der Waals surface area contributed by atoms with Crippen LogP contribution >= 0.6 is 0 Å². The third-order valence-electron chi connectivity index (χ3n) is 6.37. The van der Waals surface area contributed by atoms with Gasteiger partial charge in [0.1, 0.15) is 5.75 Å². The number of nitrogens with zero attached hydrogens (tertiary/aromatic N) is 1. The molecule has 1 saturated carbocycles. The van der Waals surface area contributed by atoms with Gasteiger partial charge in [-0.25, -0.2) is 0 Å². The molecule has 1 amide bonds. The summed E-state index contributed by atoms with van der Waals surface area (Å²) in [4.78, 5) is 15.4. The molecule has 0 spiro atoms. The molecule has 1 fully saturated rings. The molecule has 0 bridgehead atoms. The standard InChI is InChI=1S/C27H27NO3/c29-24-14-10-20(11-15-24)18-27(31-19-21-6-2-1-3-7-21)25-9-5-4-8-22(25)16-17-28(27)26(30)23-12-13-23/h1-11,14-15,23,29H,12-13,16-19H2. The summed E-state index contributed by atoms with van der Waals surface area (Å²) in [6, 6.07) is 25.7. The van der Waals surface area contributed by atoms with E-state index in [0.717, 1.165) is 36.0 Å². The van der Waals surface area contributed by atoms with Crippen LogP contribution in [0.15, 0.2) is 78.9 Å². The zero-order chi connectivity index (χ0) is 21.3. The quantitative estimate of drug-likeness (QED) is 0.632. The molecule has 2 aliphatic rings. The first-order valence-electron chi connectivity index (χ1n) is 11.0. The first-order valence-corrected chi connectivity index (χ1v) is 11.0. The summed E-state index contributed by atoms with van der Waals surface area (Å²) in [5, 5.41) is 9.76. The van der Waals surface area contributed by atoms with Gasteiger partial charge in [-0.1, -0.05) is 66.7 Å². The molecule has 0 radical (unpaired) electrons. The van der Waals surface area contributed by atoms with Crippen LogP contribution in [0.5, 0.6) is 5.75 Å². The molecule has 1 N–H and O–H groups in total. The van der Waals surface area contributed by atoms with Crippen molar-refractivity contribution in [2.24, 2.45) is 5.92 Å². The monoisotopic (exact) mass is 413 g/mol. The van der Waals surface area contributed by atoms with Crippen molar-refractivity contribution in [3.05, 3.63) is 101 Å². The maximum atomic E-state index is 13.4. The lowest BCUT2D eigenvalue weighted by molar-refractivity contribution is -0.192. The fourth-order valence-electron chi connectivity index (χ4n) is 4.58. The van der Waals surface area contributed by atoms with Crippen molar-refractivity contribution in [1.29, 1.82) is 0 Å². The first-order chi connectivity index (χ1) is 15.2. The van der Waals surface area contributed by atoms with Crippen LogP contribution in [-0.2, 0) is 34.7 Å². The number of carbonyl (C=O) groups excluding carboxylic acids is 1. The van der Waals surface area contributed by atoms with E-state index in [-0.39, 0.29) is 17.6 Å². The molecule has 1 atom stereocenters. The van der Waals surface area contributed by atoms with Gasteiger partial charge in [0.2, 0.25) is 5.91 Å². The number of benzene rings is 3. The van der Waals surface area contributed by atoms with E-state index < -0.39 is 5.72 Å². The van der Waals surface area contributed by atoms with Gasteiger partial charge in [-0.15, -0.1) is 0 Å². The minimum Gasteiger partial charge on any atom is -0.508 e. The molecular weight excluding hydrogens is 386 g/mol. The average Bonchev–Trinajstić information content (AvgIpc) is 3.65. The van der Waals surface area contributed by atoms with Crippen molar-refractivity contribution >= 4 is 5.91 Å². The highest BCUT2D eigenvalue weighted by atomic mass is 16.5. The second-order valence-electron chi connectivity index (χ2n) is 8.57. The molecule has 1 aliphatic heterocycles. The fourth-order valence-corrected chi connectivity index (χ4v) is 4.58. The summed E-state index contributed by atoms with van der Waals surface area (Å²) >= 11 is 0. The number of fused-ring (bicyclic) bond motifs is 1. The van der Waals surface area contributed by atoms with Crippen LogP contribution in [0.3, 0.4) is 0 Å². The Morgan fingerprint density at radius 3 is 2.39 bits per heavy atom. The average molecular weight is 414 g/mol. The molecule has 3 aromatic carbocycles. The lowest BCUT2D eigenvalue weighted by Crippen LogP contribution is -2.56. The Labute approximate surface area is 183 Å². The molecule has 31 heavy (non-hydrogen) atoms. The van der Waals surface area contributed by atoms with Crippen LogP contribution in [0.25, 0.3) is 0 Å². The predicted octanol–water partition coefficient (Wildman–Crippen LogP) is 4.80. The van der Waals surface area contributed by atoms with Gasteiger partial charge in [0.15, 0.2) is 5.72 Å². The van der Waals surface area contributed by atoms with Crippen molar-refractivity contribution in [3.8, 4) is 5.75 Å². The van der Waals surface area contributed by atoms with E-state index in [1.807, 2.05) is 41.3 Å². The van der Waals surface area contributed by atoms with E-state index in [0.29, 0.717) is 19.6 Å². The van der Waals surface area contributed by atoms with Gasteiger partial charge >= 0.3 is 0 Å². The summed E-state index contributed by atoms with van der Waals surface area (Å²) in [6.45, 7) is 1.07. The first kappa shape index (κ1) is 19.8. The summed E-state index contributed by atoms with van der Waals surface area (Å²) in [7, 11) is 0. The highest BCUT2D eigenvalue weighted by molar-refractivity contribution is 5.82. The Bertz CT molecular complexity index is 1060. The smallest absolute Gasteiger partial charge is 0.228 e. The van der Waals surface area contributed by atoms with Gasteiger partial charge in [-0.3, -0.25) is 4.79 Å². The fraction of sp³-hybridized carbons (Fsp3) is 0.296. The number of phenols is 1. The van der Waals surface area contributed by atoms with Crippen molar-refractivity contribution in [2.75, 3.05) is 6.54 Å². The lowest BCUT2D eigenvalue weighted by atomic mass is 9.84. The Morgan fingerprint density at radius 1 is 0.935 bits per heavy atom. The van der Waals surface area contributed by atoms with E-state index in [1.165, 1.54) is 5.56 Å². The van der Waals surface area contributed by atoms with Gasteiger partial charge < -0.3 is 14.7 Å². The number of ether oxygens (including phenoxy) is 1. The summed E-state index contributed by atoms with van der Waals surface area (Å²) < 4.78 is 6.77. The Hall–Kier alpha value is -3.11. The highest BCUT2D eigenvalue weighted by Crippen LogP contribution is 2.44. The molecular formula is C27H27NO3. The third-order valence-corrected chi connectivity index (χ3v) is 6.37. The minimum absolute atomic E-state index is 0.116. The van der Waals surface area contributed by atoms with Crippen molar-refractivity contribution in [2.45, 2.75) is 38.0 Å². The molecule has 4 heteroatoms. The number of hydrogen-bond acceptors (Lipinski definition) is 3. The third kappa shape index (κ3) is 3.96. The van der Waals surface area contributed by atoms with Crippen LogP contribution in [0.4, 0.5) is 0 Å². The Kier molecular flexibility index (Phi) is 5.24. The van der Waals surface area contributed by atoms with E-state index in [1.54, 1.807) is 12.1 Å². The second kappa shape index (κ2) is 8.20. The van der Waals surface area contributed by atoms with E-state index >= 15 is 0 Å². The SMILES string of the molecule is O=C(C1CC1)N1CCc2ccccc2C1(Cc1ccc(O)cc1)OCc1ccccc1. The number of rotatable bonds is 6. The van der Waals surface area contributed by atoms with Gasteiger partial charge in [0.25, 0.3) is 0 Å². The van der Waals surface area contributed by atoms with Crippen molar-refractivity contribution in [1.82, 2.24) is 4.90 Å². The largest absolute Gasteiger partial charge is 0.508 e. The molecule has 5 rings (SSSR count). The number of phenolic OH excluding ortho intramolecular Hbond substituents is 1. The van der Waals surface area contributed by atoms with Gasteiger partial charge in [0, 0.05) is 24.4 Å². The van der Waals surface area contributed by atoms with Crippen LogP contribution < -0.4 is 0 Å². The Morgan fingerprint density at radius 2 is 1.65 bits per heavy atom. The normalized spacial score (nSPS) is 20.3. The van der Waals surface area contributed by atoms with Crippen LogP contribution in [-0.4, -0.2) is 22.5 Å². The summed E-state index contributed by atoms with van der Waals surface area (Å²) in [5.74, 6) is 0.545. The highest BCUT2D eigenvalue weighted by Gasteiger charge is 2.49. The molecule has 1 heterocycles. The molecule has 1 unspecified atom stereocenters. The molecule has 3 aromatic rings. The lowest BCUT2D eigenvalue weighted by Gasteiger charge is -2.48. The Balaban J connectivity index is 1.60. The number of amides is 1. The number of aromatic hydroxyl groups is 1. The van der Waals surface area contributed by atoms with Crippen molar-refractivity contribution in [3.63, 3.8) is 0 Å². The molecule has 1 aliphatic carbocycles. The summed E-state index contributed by atoms with van der Waals surface area (Å²) in [5.41, 5.74) is 3.53.